The Kier molecular flexibility index (Phi) is 9.83. The van der Waals surface area contributed by atoms with Crippen molar-refractivity contribution in [3.8, 4) is 0 Å². The number of ether oxygens (including phenoxy) is 1. The SMILES string of the molecule is CCON(c1ccccc1)C1(C(=O)OP(=O)(O)OC[C@H]2O[C@@H](n3cc(/C=C/Br)c(=O)[nH]c3=O)C[C@@H]2O)CCCC1. The number of aliphatic hydroxyl groups excluding tert-OH is 1. The fourth-order valence-corrected chi connectivity index (χ4v) is 5.96. The van der Waals surface area contributed by atoms with Gasteiger partial charge in [-0.25, -0.2) is 19.2 Å². The molecule has 1 aromatic heterocycles. The van der Waals surface area contributed by atoms with Crippen LogP contribution in [-0.4, -0.2) is 56.5 Å². The summed E-state index contributed by atoms with van der Waals surface area (Å²) in [5.41, 5.74) is -1.93. The average Bonchev–Trinajstić information content (AvgIpc) is 3.56. The number of benzene rings is 1. The van der Waals surface area contributed by atoms with Gasteiger partial charge in [0.25, 0.3) is 5.56 Å². The number of aromatic amines is 1. The van der Waals surface area contributed by atoms with Crippen LogP contribution in [0.2, 0.25) is 0 Å². The van der Waals surface area contributed by atoms with Gasteiger partial charge in [0, 0.05) is 12.6 Å². The minimum atomic E-state index is -4.95. The topological polar surface area (TPSA) is 170 Å². The molecule has 1 aliphatic heterocycles. The fourth-order valence-electron chi connectivity index (χ4n) is 4.91. The largest absolute Gasteiger partial charge is 0.529 e. The lowest BCUT2D eigenvalue weighted by molar-refractivity contribution is -0.146. The van der Waals surface area contributed by atoms with Crippen LogP contribution in [0.1, 0.15) is 50.8 Å². The molecular weight excluding hydrogens is 613 g/mol. The highest BCUT2D eigenvalue weighted by molar-refractivity contribution is 9.11. The molecule has 1 saturated carbocycles. The van der Waals surface area contributed by atoms with Crippen molar-refractivity contribution in [3.05, 3.63) is 67.9 Å². The quantitative estimate of drug-likeness (QED) is 0.243. The minimum absolute atomic E-state index is 0.0591. The molecule has 1 aliphatic carbocycles. The first-order valence-corrected chi connectivity index (χ1v) is 15.2. The van der Waals surface area contributed by atoms with Crippen LogP contribution in [-0.2, 0) is 28.0 Å². The highest BCUT2D eigenvalue weighted by Gasteiger charge is 2.51. The number of anilines is 1. The van der Waals surface area contributed by atoms with Crippen molar-refractivity contribution in [2.45, 2.75) is 63.0 Å². The van der Waals surface area contributed by atoms with Crippen molar-refractivity contribution in [1.82, 2.24) is 9.55 Å². The fraction of sp³-hybridized carbons (Fsp3) is 0.480. The van der Waals surface area contributed by atoms with Gasteiger partial charge >= 0.3 is 19.5 Å². The number of carbonyl (C=O) groups is 1. The van der Waals surface area contributed by atoms with E-state index >= 15 is 0 Å². The van der Waals surface area contributed by atoms with Crippen molar-refractivity contribution in [2.24, 2.45) is 0 Å². The zero-order valence-electron chi connectivity index (χ0n) is 21.7. The van der Waals surface area contributed by atoms with Crippen LogP contribution in [0.25, 0.3) is 6.08 Å². The van der Waals surface area contributed by atoms with E-state index in [4.69, 9.17) is 18.6 Å². The number of H-pyrrole nitrogens is 1. The van der Waals surface area contributed by atoms with E-state index in [0.717, 1.165) is 4.57 Å². The second-order valence-corrected chi connectivity index (χ2v) is 11.3. The van der Waals surface area contributed by atoms with Crippen LogP contribution < -0.4 is 16.3 Å². The van der Waals surface area contributed by atoms with Crippen LogP contribution in [0.3, 0.4) is 0 Å². The Balaban J connectivity index is 1.44. The van der Waals surface area contributed by atoms with Crippen LogP contribution >= 0.6 is 23.8 Å². The molecule has 0 radical (unpaired) electrons. The van der Waals surface area contributed by atoms with E-state index in [0.29, 0.717) is 31.4 Å². The van der Waals surface area contributed by atoms with E-state index in [1.165, 1.54) is 22.3 Å². The molecule has 0 amide bonds. The van der Waals surface area contributed by atoms with Crippen LogP contribution in [0.4, 0.5) is 5.69 Å². The number of carbonyl (C=O) groups excluding carboxylic acids is 1. The number of halogens is 1. The van der Waals surface area contributed by atoms with Gasteiger partial charge in [-0.05, 0) is 43.0 Å². The molecule has 218 valence electrons. The Hall–Kier alpha value is -2.58. The molecule has 40 heavy (non-hydrogen) atoms. The number of phosphoric acid groups is 1. The molecule has 2 aromatic rings. The second kappa shape index (κ2) is 12.9. The Morgan fingerprint density at radius 3 is 2.65 bits per heavy atom. The summed E-state index contributed by atoms with van der Waals surface area (Å²) in [5, 5.41) is 11.9. The maximum Gasteiger partial charge on any atom is 0.529 e. The molecule has 1 saturated heterocycles. The number of aliphatic hydroxyl groups is 1. The highest BCUT2D eigenvalue weighted by Crippen LogP contribution is 2.49. The normalized spacial score (nSPS) is 23.8. The lowest BCUT2D eigenvalue weighted by Gasteiger charge is -2.39. The van der Waals surface area contributed by atoms with Crippen molar-refractivity contribution >= 4 is 41.5 Å². The maximum atomic E-state index is 13.4. The van der Waals surface area contributed by atoms with Crippen LogP contribution in [0.5, 0.6) is 0 Å². The molecule has 1 unspecified atom stereocenters. The third-order valence-corrected chi connectivity index (χ3v) is 7.94. The lowest BCUT2D eigenvalue weighted by atomic mass is 9.96. The summed E-state index contributed by atoms with van der Waals surface area (Å²) < 4.78 is 29.7. The molecule has 3 N–H and O–H groups in total. The van der Waals surface area contributed by atoms with E-state index in [2.05, 4.69) is 20.9 Å². The number of nitrogens with zero attached hydrogens (tertiary/aromatic N) is 2. The van der Waals surface area contributed by atoms with Crippen molar-refractivity contribution < 1.29 is 38.0 Å². The highest BCUT2D eigenvalue weighted by atomic mass is 79.9. The summed E-state index contributed by atoms with van der Waals surface area (Å²) in [5.74, 6) is -0.967. The van der Waals surface area contributed by atoms with E-state index in [1.807, 2.05) is 6.07 Å². The van der Waals surface area contributed by atoms with Crippen molar-refractivity contribution in [1.29, 1.82) is 0 Å². The van der Waals surface area contributed by atoms with Crippen molar-refractivity contribution in [2.75, 3.05) is 18.3 Å². The third-order valence-electron chi connectivity index (χ3n) is 6.80. The van der Waals surface area contributed by atoms with E-state index in [-0.39, 0.29) is 18.6 Å². The smallest absolute Gasteiger partial charge is 0.390 e. The molecule has 15 heteroatoms. The van der Waals surface area contributed by atoms with E-state index < -0.39 is 55.6 Å². The van der Waals surface area contributed by atoms with Gasteiger partial charge in [0.1, 0.15) is 12.3 Å². The molecule has 0 spiro atoms. The molecular formula is C25H31BrN3O10P. The number of hydrogen-bond acceptors (Lipinski definition) is 10. The lowest BCUT2D eigenvalue weighted by Crippen LogP contribution is -2.53. The minimum Gasteiger partial charge on any atom is -0.390 e. The first kappa shape index (κ1) is 30.4. The summed E-state index contributed by atoms with van der Waals surface area (Å²) in [4.78, 5) is 57.5. The molecule has 2 heterocycles. The molecule has 0 bridgehead atoms. The van der Waals surface area contributed by atoms with Gasteiger partial charge < -0.3 is 14.4 Å². The summed E-state index contributed by atoms with van der Waals surface area (Å²) in [6.45, 7) is 1.41. The Bertz CT molecular complexity index is 1370. The summed E-state index contributed by atoms with van der Waals surface area (Å²) >= 11 is 3.07. The predicted molar refractivity (Wildman–Crippen MR) is 147 cm³/mol. The number of phosphoric ester groups is 1. The van der Waals surface area contributed by atoms with E-state index in [9.17, 15) is 28.9 Å². The van der Waals surface area contributed by atoms with Gasteiger partial charge in [-0.1, -0.05) is 47.0 Å². The zero-order valence-corrected chi connectivity index (χ0v) is 24.2. The number of nitrogens with one attached hydrogen (secondary N) is 1. The van der Waals surface area contributed by atoms with Gasteiger partial charge in [0.2, 0.25) is 0 Å². The van der Waals surface area contributed by atoms with Crippen molar-refractivity contribution in [3.63, 3.8) is 0 Å². The molecule has 1 aromatic carbocycles. The number of hydrogen-bond donors (Lipinski definition) is 3. The number of hydroxylamine groups is 1. The predicted octanol–water partition coefficient (Wildman–Crippen LogP) is 2.98. The number of rotatable bonds is 11. The third kappa shape index (κ3) is 6.65. The first-order chi connectivity index (χ1) is 19.1. The van der Waals surface area contributed by atoms with Gasteiger partial charge in [0.05, 0.1) is 30.6 Å². The van der Waals surface area contributed by atoms with Gasteiger partial charge in [-0.3, -0.25) is 28.6 Å². The second-order valence-electron chi connectivity index (χ2n) is 9.41. The number of aromatic nitrogens is 2. The Morgan fingerprint density at radius 2 is 2.00 bits per heavy atom. The molecule has 4 atom stereocenters. The monoisotopic (exact) mass is 643 g/mol. The van der Waals surface area contributed by atoms with Crippen LogP contribution in [0.15, 0.2) is 51.1 Å². The van der Waals surface area contributed by atoms with Crippen LogP contribution in [0, 0.1) is 0 Å². The van der Waals surface area contributed by atoms with Gasteiger partial charge in [0.15, 0.2) is 5.54 Å². The summed E-state index contributed by atoms with van der Waals surface area (Å²) in [7, 11) is -4.95. The van der Waals surface area contributed by atoms with Gasteiger partial charge in [-0.2, -0.15) is 0 Å². The summed E-state index contributed by atoms with van der Waals surface area (Å²) in [6.07, 6.45) is 1.41. The average molecular weight is 644 g/mol. The summed E-state index contributed by atoms with van der Waals surface area (Å²) in [6, 6.07) is 8.92. The Labute approximate surface area is 238 Å². The molecule has 2 aliphatic rings. The molecule has 2 fully saturated rings. The number of para-hydroxylation sites is 1. The Morgan fingerprint density at radius 1 is 1.30 bits per heavy atom. The zero-order chi connectivity index (χ0) is 28.9. The standard InChI is InChI=1S/C25H31BrN3O10P/c1-2-36-29(18-8-4-3-5-9-18)25(11-6-7-12-25)23(32)39-40(34,35)37-16-20-19(30)14-21(38-20)28-15-17(10-13-26)22(31)27-24(28)33/h3-5,8-10,13,15,19-21,30H,2,6-7,11-12,14,16H2,1H3,(H,34,35)(H,27,31,33)/b13-10+/t19-,20+,21+/m0/s1. The molecule has 13 nitrogen and oxygen atoms in total. The maximum absolute atomic E-state index is 13.4. The van der Waals surface area contributed by atoms with Gasteiger partial charge in [-0.15, -0.1) is 0 Å². The first-order valence-electron chi connectivity index (χ1n) is 12.8. The molecule has 4 rings (SSSR count). The van der Waals surface area contributed by atoms with E-state index in [1.54, 1.807) is 31.2 Å².